The van der Waals surface area contributed by atoms with Crippen LogP contribution >= 0.6 is 0 Å². The van der Waals surface area contributed by atoms with Crippen molar-refractivity contribution in [1.29, 1.82) is 0 Å². The minimum atomic E-state index is -0.585. The lowest BCUT2D eigenvalue weighted by atomic mass is 9.94. The molecule has 2 aliphatic heterocycles. The van der Waals surface area contributed by atoms with Gasteiger partial charge in [0.15, 0.2) is 0 Å². The predicted molar refractivity (Wildman–Crippen MR) is 133 cm³/mol. The van der Waals surface area contributed by atoms with Crippen molar-refractivity contribution in [2.75, 3.05) is 39.8 Å². The molecular formula is C27H31N5O4. The summed E-state index contributed by atoms with van der Waals surface area (Å²) < 4.78 is 10.5. The number of nitrogens with zero attached hydrogens (tertiary/aromatic N) is 5. The second-order valence-corrected chi connectivity index (χ2v) is 9.41. The molecule has 1 aromatic heterocycles. The second-order valence-electron chi connectivity index (χ2n) is 9.41. The summed E-state index contributed by atoms with van der Waals surface area (Å²) in [7, 11) is 1.37. The minimum Gasteiger partial charge on any atom is -0.467 e. The van der Waals surface area contributed by atoms with E-state index in [4.69, 9.17) is 9.26 Å². The van der Waals surface area contributed by atoms with Crippen LogP contribution in [0.1, 0.15) is 22.6 Å². The van der Waals surface area contributed by atoms with Gasteiger partial charge in [0.2, 0.25) is 17.6 Å². The van der Waals surface area contributed by atoms with Crippen LogP contribution in [0.3, 0.4) is 0 Å². The van der Waals surface area contributed by atoms with Gasteiger partial charge in [-0.2, -0.15) is 4.98 Å². The first-order valence-corrected chi connectivity index (χ1v) is 12.3. The van der Waals surface area contributed by atoms with Gasteiger partial charge in [-0.3, -0.25) is 14.6 Å². The van der Waals surface area contributed by atoms with Crippen LogP contribution in [0.2, 0.25) is 0 Å². The number of fused-ring (bicyclic) bond motifs is 1. The molecule has 1 fully saturated rings. The number of hydrogen-bond acceptors (Lipinski definition) is 8. The number of methoxy groups -OCH3 is 1. The number of hydrogen-bond donors (Lipinski definition) is 0. The van der Waals surface area contributed by atoms with E-state index in [1.54, 1.807) is 4.90 Å². The topological polar surface area (TPSA) is 92.0 Å². The maximum Gasteiger partial charge on any atom is 0.328 e. The second kappa shape index (κ2) is 10.6. The highest BCUT2D eigenvalue weighted by atomic mass is 16.5. The molecule has 5 rings (SSSR count). The van der Waals surface area contributed by atoms with Crippen molar-refractivity contribution in [3.05, 3.63) is 71.1 Å². The predicted octanol–water partition coefficient (Wildman–Crippen LogP) is 2.29. The summed E-state index contributed by atoms with van der Waals surface area (Å²) in [6, 6.07) is 15.4. The third-order valence-electron chi connectivity index (χ3n) is 7.08. The number of benzene rings is 2. The molecule has 3 aromatic rings. The third-order valence-corrected chi connectivity index (χ3v) is 7.08. The van der Waals surface area contributed by atoms with Crippen LogP contribution < -0.4 is 0 Å². The van der Waals surface area contributed by atoms with Crippen molar-refractivity contribution in [2.45, 2.75) is 32.5 Å². The molecule has 9 heteroatoms. The minimum absolute atomic E-state index is 0.0480. The average molecular weight is 490 g/mol. The van der Waals surface area contributed by atoms with E-state index in [-0.39, 0.29) is 18.4 Å². The van der Waals surface area contributed by atoms with E-state index in [0.29, 0.717) is 31.2 Å². The van der Waals surface area contributed by atoms with Crippen LogP contribution in [0.25, 0.3) is 11.4 Å². The molecular weight excluding hydrogens is 458 g/mol. The van der Waals surface area contributed by atoms with E-state index in [0.717, 1.165) is 48.4 Å². The molecule has 2 aliphatic rings. The van der Waals surface area contributed by atoms with Gasteiger partial charge in [0.05, 0.1) is 20.2 Å². The van der Waals surface area contributed by atoms with Crippen LogP contribution in [0.5, 0.6) is 0 Å². The van der Waals surface area contributed by atoms with Crippen molar-refractivity contribution in [3.8, 4) is 11.4 Å². The highest BCUT2D eigenvalue weighted by Crippen LogP contribution is 2.25. The quantitative estimate of drug-likeness (QED) is 0.487. The molecule has 2 aromatic carbocycles. The maximum absolute atomic E-state index is 13.3. The normalized spacial score (nSPS) is 18.6. The molecule has 36 heavy (non-hydrogen) atoms. The Kier molecular flexibility index (Phi) is 7.11. The number of piperazine rings is 1. The molecule has 9 nitrogen and oxygen atoms in total. The van der Waals surface area contributed by atoms with Crippen LogP contribution in [-0.2, 0) is 33.8 Å². The lowest BCUT2D eigenvalue weighted by molar-refractivity contribution is -0.154. The fraction of sp³-hybridized carbons (Fsp3) is 0.407. The van der Waals surface area contributed by atoms with E-state index in [1.807, 2.05) is 55.5 Å². The van der Waals surface area contributed by atoms with Gasteiger partial charge in [-0.1, -0.05) is 53.7 Å². The maximum atomic E-state index is 13.3. The number of aryl methyl sites for hydroxylation is 1. The van der Waals surface area contributed by atoms with E-state index in [2.05, 4.69) is 19.9 Å². The number of carbonyl (C=O) groups is 2. The van der Waals surface area contributed by atoms with Gasteiger partial charge < -0.3 is 14.2 Å². The van der Waals surface area contributed by atoms with Gasteiger partial charge in [-0.05, 0) is 23.6 Å². The molecule has 0 aliphatic carbocycles. The first-order valence-electron chi connectivity index (χ1n) is 12.3. The van der Waals surface area contributed by atoms with Gasteiger partial charge in [-0.15, -0.1) is 0 Å². The van der Waals surface area contributed by atoms with E-state index < -0.39 is 6.04 Å². The smallest absolute Gasteiger partial charge is 0.328 e. The summed E-state index contributed by atoms with van der Waals surface area (Å²) >= 11 is 0. The van der Waals surface area contributed by atoms with Gasteiger partial charge >= 0.3 is 5.97 Å². The number of ether oxygens (including phenoxy) is 1. The lowest BCUT2D eigenvalue weighted by Crippen LogP contribution is -2.54. The molecule has 3 heterocycles. The zero-order chi connectivity index (χ0) is 25.1. The molecule has 1 unspecified atom stereocenters. The summed E-state index contributed by atoms with van der Waals surface area (Å²) in [6.45, 7) is 6.39. The Morgan fingerprint density at radius 1 is 1.00 bits per heavy atom. The SMILES string of the molecule is COC(=O)C1Cc2ccccc2CN1C(=O)CN1CCN(Cc2nc(-c3ccccc3C)no2)CC1. The number of amides is 1. The van der Waals surface area contributed by atoms with E-state index >= 15 is 0 Å². The third kappa shape index (κ3) is 5.17. The van der Waals surface area contributed by atoms with Crippen molar-refractivity contribution in [2.24, 2.45) is 0 Å². The summed E-state index contributed by atoms with van der Waals surface area (Å²) in [5.41, 5.74) is 4.26. The van der Waals surface area contributed by atoms with Crippen LogP contribution in [0.4, 0.5) is 0 Å². The highest BCUT2D eigenvalue weighted by Gasteiger charge is 2.36. The Bertz CT molecular complexity index is 1230. The number of aromatic nitrogens is 2. The molecule has 0 radical (unpaired) electrons. The molecule has 1 atom stereocenters. The molecule has 0 spiro atoms. The largest absolute Gasteiger partial charge is 0.467 e. The van der Waals surface area contributed by atoms with E-state index in [9.17, 15) is 9.59 Å². The molecule has 0 N–H and O–H groups in total. The number of carbonyl (C=O) groups excluding carboxylic acids is 2. The van der Waals surface area contributed by atoms with Crippen molar-refractivity contribution in [1.82, 2.24) is 24.8 Å². The highest BCUT2D eigenvalue weighted by molar-refractivity contribution is 5.86. The molecule has 1 saturated heterocycles. The zero-order valence-electron chi connectivity index (χ0n) is 20.7. The zero-order valence-corrected chi connectivity index (χ0v) is 20.7. The van der Waals surface area contributed by atoms with Crippen LogP contribution in [0, 0.1) is 6.92 Å². The first kappa shape index (κ1) is 24.1. The lowest BCUT2D eigenvalue weighted by Gasteiger charge is -2.38. The van der Waals surface area contributed by atoms with Gasteiger partial charge in [0.25, 0.3) is 0 Å². The van der Waals surface area contributed by atoms with Gasteiger partial charge in [0, 0.05) is 44.7 Å². The number of rotatable bonds is 6. The standard InChI is InChI=1S/C27H31N5O4/c1-19-7-3-6-10-22(19)26-28-24(36-29-26)17-30-11-13-31(14-12-30)18-25(33)32-16-21-9-5-4-8-20(21)15-23(32)27(34)35-2/h3-10,23H,11-18H2,1-2H3. The Hall–Kier alpha value is -3.56. The van der Waals surface area contributed by atoms with Crippen LogP contribution in [-0.4, -0.2) is 82.6 Å². The average Bonchev–Trinajstić information content (AvgIpc) is 3.37. The number of esters is 1. The van der Waals surface area contributed by atoms with Crippen molar-refractivity contribution < 1.29 is 18.8 Å². The Morgan fingerprint density at radius 3 is 2.44 bits per heavy atom. The molecule has 1 amide bonds. The summed E-state index contributed by atoms with van der Waals surface area (Å²) in [5, 5.41) is 4.15. The Balaban J connectivity index is 1.16. The summed E-state index contributed by atoms with van der Waals surface area (Å²) in [5.74, 6) is 0.779. The van der Waals surface area contributed by atoms with Crippen molar-refractivity contribution in [3.63, 3.8) is 0 Å². The van der Waals surface area contributed by atoms with Crippen molar-refractivity contribution >= 4 is 11.9 Å². The summed E-state index contributed by atoms with van der Waals surface area (Å²) in [4.78, 5) is 36.4. The summed E-state index contributed by atoms with van der Waals surface area (Å²) in [6.07, 6.45) is 0.483. The fourth-order valence-corrected chi connectivity index (χ4v) is 4.96. The Labute approximate surface area is 210 Å². The van der Waals surface area contributed by atoms with Gasteiger partial charge in [-0.25, -0.2) is 4.79 Å². The molecule has 0 bridgehead atoms. The van der Waals surface area contributed by atoms with E-state index in [1.165, 1.54) is 7.11 Å². The molecule has 188 valence electrons. The van der Waals surface area contributed by atoms with Crippen LogP contribution in [0.15, 0.2) is 53.1 Å². The monoisotopic (exact) mass is 489 g/mol. The fourth-order valence-electron chi connectivity index (χ4n) is 4.96. The Morgan fingerprint density at radius 2 is 1.69 bits per heavy atom. The molecule has 0 saturated carbocycles. The first-order chi connectivity index (χ1) is 17.5. The van der Waals surface area contributed by atoms with Gasteiger partial charge in [0.1, 0.15) is 6.04 Å².